The van der Waals surface area contributed by atoms with Crippen molar-refractivity contribution in [1.82, 2.24) is 0 Å². The van der Waals surface area contributed by atoms with E-state index in [2.05, 4.69) is 24.3 Å². The van der Waals surface area contributed by atoms with Crippen molar-refractivity contribution in [3.8, 4) is 11.5 Å². The molecule has 0 heterocycles. The highest BCUT2D eigenvalue weighted by Gasteiger charge is 2.09. The molecule has 3 rings (SSSR count). The summed E-state index contributed by atoms with van der Waals surface area (Å²) < 4.78 is 11.4. The Bertz CT molecular complexity index is 705. The third-order valence-electron chi connectivity index (χ3n) is 3.29. The molecule has 20 heavy (non-hydrogen) atoms. The first-order valence-corrected chi connectivity index (χ1v) is 6.61. The fourth-order valence-corrected chi connectivity index (χ4v) is 2.26. The summed E-state index contributed by atoms with van der Waals surface area (Å²) in [6.07, 6.45) is 0. The van der Waals surface area contributed by atoms with E-state index in [9.17, 15) is 0 Å². The zero-order valence-electron chi connectivity index (χ0n) is 11.4. The lowest BCUT2D eigenvalue weighted by molar-refractivity contribution is 0.288. The van der Waals surface area contributed by atoms with E-state index in [1.165, 1.54) is 0 Å². The Balaban J connectivity index is 1.96. The second kappa shape index (κ2) is 5.66. The third-order valence-corrected chi connectivity index (χ3v) is 3.29. The van der Waals surface area contributed by atoms with E-state index in [1.54, 1.807) is 7.11 Å². The van der Waals surface area contributed by atoms with Crippen LogP contribution in [0.1, 0.15) is 5.56 Å². The Morgan fingerprint density at radius 3 is 2.35 bits per heavy atom. The van der Waals surface area contributed by atoms with Crippen LogP contribution < -0.4 is 9.47 Å². The number of hydrogen-bond acceptors (Lipinski definition) is 2. The van der Waals surface area contributed by atoms with Gasteiger partial charge in [-0.25, -0.2) is 0 Å². The van der Waals surface area contributed by atoms with Crippen LogP contribution in [0.5, 0.6) is 11.5 Å². The minimum absolute atomic E-state index is 0.533. The zero-order chi connectivity index (χ0) is 13.8. The Morgan fingerprint density at radius 1 is 0.800 bits per heavy atom. The van der Waals surface area contributed by atoms with Gasteiger partial charge in [0.15, 0.2) is 11.5 Å². The summed E-state index contributed by atoms with van der Waals surface area (Å²) in [6, 6.07) is 22.3. The maximum absolute atomic E-state index is 6.00. The van der Waals surface area contributed by atoms with Gasteiger partial charge < -0.3 is 9.47 Å². The SMILES string of the molecule is COc1ccc2ccccc2c1OCc1ccccc1. The summed E-state index contributed by atoms with van der Waals surface area (Å²) in [7, 11) is 1.67. The standard InChI is InChI=1S/C18H16O2/c1-19-17-12-11-15-9-5-6-10-16(15)18(17)20-13-14-7-3-2-4-8-14/h2-12H,13H2,1H3. The molecule has 0 radical (unpaired) electrons. The van der Waals surface area contributed by atoms with Crippen LogP contribution in [0.2, 0.25) is 0 Å². The highest BCUT2D eigenvalue weighted by atomic mass is 16.5. The van der Waals surface area contributed by atoms with E-state index in [0.29, 0.717) is 6.61 Å². The van der Waals surface area contributed by atoms with Crippen molar-refractivity contribution >= 4 is 10.8 Å². The van der Waals surface area contributed by atoms with Crippen LogP contribution in [0.4, 0.5) is 0 Å². The maximum Gasteiger partial charge on any atom is 0.169 e. The molecule has 0 saturated carbocycles. The maximum atomic E-state index is 6.00. The summed E-state index contributed by atoms with van der Waals surface area (Å²) in [4.78, 5) is 0. The van der Waals surface area contributed by atoms with E-state index in [0.717, 1.165) is 27.8 Å². The van der Waals surface area contributed by atoms with E-state index in [4.69, 9.17) is 9.47 Å². The van der Waals surface area contributed by atoms with Crippen LogP contribution in [0, 0.1) is 0 Å². The van der Waals surface area contributed by atoms with Crippen molar-refractivity contribution in [3.63, 3.8) is 0 Å². The molecule has 0 aliphatic carbocycles. The van der Waals surface area contributed by atoms with Gasteiger partial charge in [-0.2, -0.15) is 0 Å². The molecule has 2 heteroatoms. The van der Waals surface area contributed by atoms with Crippen molar-refractivity contribution in [2.24, 2.45) is 0 Å². The van der Waals surface area contributed by atoms with Crippen LogP contribution >= 0.6 is 0 Å². The number of hydrogen-bond donors (Lipinski definition) is 0. The van der Waals surface area contributed by atoms with Crippen LogP contribution in [0.25, 0.3) is 10.8 Å². The average molecular weight is 264 g/mol. The third kappa shape index (κ3) is 2.45. The molecule has 100 valence electrons. The van der Waals surface area contributed by atoms with Gasteiger partial charge in [-0.15, -0.1) is 0 Å². The molecule has 0 atom stereocenters. The highest BCUT2D eigenvalue weighted by molar-refractivity contribution is 5.90. The lowest BCUT2D eigenvalue weighted by Crippen LogP contribution is -1.98. The van der Waals surface area contributed by atoms with Crippen molar-refractivity contribution in [1.29, 1.82) is 0 Å². The van der Waals surface area contributed by atoms with Gasteiger partial charge in [-0.1, -0.05) is 60.7 Å². The lowest BCUT2D eigenvalue weighted by atomic mass is 10.1. The molecule has 2 nitrogen and oxygen atoms in total. The molecule has 0 aliphatic heterocycles. The summed E-state index contributed by atoms with van der Waals surface area (Å²) in [5.41, 5.74) is 1.14. The first-order chi connectivity index (χ1) is 9.88. The Labute approximate surface area is 118 Å². The first kappa shape index (κ1) is 12.5. The summed E-state index contributed by atoms with van der Waals surface area (Å²) in [5.74, 6) is 1.56. The normalized spacial score (nSPS) is 10.4. The minimum atomic E-state index is 0.533. The van der Waals surface area contributed by atoms with Crippen molar-refractivity contribution in [3.05, 3.63) is 72.3 Å². The van der Waals surface area contributed by atoms with Crippen molar-refractivity contribution in [2.75, 3.05) is 7.11 Å². The second-order valence-corrected chi connectivity index (χ2v) is 4.59. The number of methoxy groups -OCH3 is 1. The minimum Gasteiger partial charge on any atom is -0.493 e. The fraction of sp³-hybridized carbons (Fsp3) is 0.111. The molecule has 0 saturated heterocycles. The Hall–Kier alpha value is -2.48. The highest BCUT2D eigenvalue weighted by Crippen LogP contribution is 2.35. The van der Waals surface area contributed by atoms with Crippen molar-refractivity contribution in [2.45, 2.75) is 6.61 Å². The molecule has 3 aromatic rings. The smallest absolute Gasteiger partial charge is 0.169 e. The zero-order valence-corrected chi connectivity index (χ0v) is 11.4. The summed E-state index contributed by atoms with van der Waals surface area (Å²) >= 11 is 0. The molecule has 0 spiro atoms. The number of fused-ring (bicyclic) bond motifs is 1. The summed E-state index contributed by atoms with van der Waals surface area (Å²) in [6.45, 7) is 0.533. The molecular formula is C18H16O2. The van der Waals surface area contributed by atoms with Gasteiger partial charge >= 0.3 is 0 Å². The van der Waals surface area contributed by atoms with Crippen molar-refractivity contribution < 1.29 is 9.47 Å². The monoisotopic (exact) mass is 264 g/mol. The quantitative estimate of drug-likeness (QED) is 0.694. The Morgan fingerprint density at radius 2 is 1.55 bits per heavy atom. The Kier molecular flexibility index (Phi) is 3.55. The fourth-order valence-electron chi connectivity index (χ4n) is 2.26. The van der Waals surface area contributed by atoms with Gasteiger partial charge in [-0.3, -0.25) is 0 Å². The molecule has 0 fully saturated rings. The van der Waals surface area contributed by atoms with Gasteiger partial charge in [0.1, 0.15) is 6.61 Å². The van der Waals surface area contributed by atoms with Crippen LogP contribution in [-0.4, -0.2) is 7.11 Å². The molecule has 3 aromatic carbocycles. The topological polar surface area (TPSA) is 18.5 Å². The van der Waals surface area contributed by atoms with Crippen LogP contribution in [0.3, 0.4) is 0 Å². The van der Waals surface area contributed by atoms with E-state index < -0.39 is 0 Å². The van der Waals surface area contributed by atoms with Gasteiger partial charge in [0.25, 0.3) is 0 Å². The second-order valence-electron chi connectivity index (χ2n) is 4.59. The number of ether oxygens (including phenoxy) is 2. The van der Waals surface area contributed by atoms with Crippen LogP contribution in [-0.2, 0) is 6.61 Å². The van der Waals surface area contributed by atoms with E-state index in [-0.39, 0.29) is 0 Å². The van der Waals surface area contributed by atoms with Gasteiger partial charge in [0, 0.05) is 5.39 Å². The van der Waals surface area contributed by atoms with E-state index >= 15 is 0 Å². The lowest BCUT2D eigenvalue weighted by Gasteiger charge is -2.13. The predicted octanol–water partition coefficient (Wildman–Crippen LogP) is 4.43. The largest absolute Gasteiger partial charge is 0.493 e. The predicted molar refractivity (Wildman–Crippen MR) is 81.3 cm³/mol. The number of rotatable bonds is 4. The molecule has 0 unspecified atom stereocenters. The molecule has 0 bridgehead atoms. The first-order valence-electron chi connectivity index (χ1n) is 6.61. The van der Waals surface area contributed by atoms with E-state index in [1.807, 2.05) is 42.5 Å². The van der Waals surface area contributed by atoms with Gasteiger partial charge in [-0.05, 0) is 17.0 Å². The average Bonchev–Trinajstić information content (AvgIpc) is 2.53. The molecule has 0 N–H and O–H groups in total. The molecule has 0 aromatic heterocycles. The van der Waals surface area contributed by atoms with Gasteiger partial charge in [0.05, 0.1) is 7.11 Å². The molecular weight excluding hydrogens is 248 g/mol. The van der Waals surface area contributed by atoms with Gasteiger partial charge in [0.2, 0.25) is 0 Å². The number of benzene rings is 3. The molecule has 0 aliphatic rings. The summed E-state index contributed by atoms with van der Waals surface area (Å²) in [5, 5.41) is 2.22. The van der Waals surface area contributed by atoms with Crippen LogP contribution in [0.15, 0.2) is 66.7 Å². The molecule has 0 amide bonds.